The first-order chi connectivity index (χ1) is 15.0. The Morgan fingerprint density at radius 3 is 2.81 bits per heavy atom. The van der Waals surface area contributed by atoms with Crippen molar-refractivity contribution in [2.75, 3.05) is 13.7 Å². The molecule has 1 aromatic carbocycles. The minimum atomic E-state index is -1.58. The Morgan fingerprint density at radius 2 is 2.06 bits per heavy atom. The normalized spacial score (nSPS) is 36.6. The van der Waals surface area contributed by atoms with E-state index in [4.69, 9.17) is 14.2 Å². The third-order valence-electron chi connectivity index (χ3n) is 8.35. The summed E-state index contributed by atoms with van der Waals surface area (Å²) in [6, 6.07) is 6.06. The van der Waals surface area contributed by atoms with Crippen molar-refractivity contribution in [1.82, 2.24) is 0 Å². The Balaban J connectivity index is 1.53. The summed E-state index contributed by atoms with van der Waals surface area (Å²) in [4.78, 5) is 0. The zero-order chi connectivity index (χ0) is 21.6. The molecule has 0 N–H and O–H groups in total. The Bertz CT molecular complexity index is 900. The molecule has 5 rings (SSSR count). The zero-order valence-electron chi connectivity index (χ0n) is 18.5. The van der Waals surface area contributed by atoms with Crippen LogP contribution in [0.25, 0.3) is 5.57 Å². The van der Waals surface area contributed by atoms with Crippen molar-refractivity contribution in [2.24, 2.45) is 16.7 Å². The quantitative estimate of drug-likeness (QED) is 0.544. The van der Waals surface area contributed by atoms with Gasteiger partial charge in [0.25, 0.3) is 6.08 Å². The van der Waals surface area contributed by atoms with Crippen molar-refractivity contribution in [3.63, 3.8) is 0 Å². The van der Waals surface area contributed by atoms with Crippen molar-refractivity contribution < 1.29 is 23.0 Å². The molecule has 168 valence electrons. The molecular formula is C26H32F2O3. The Labute approximate surface area is 183 Å². The lowest BCUT2D eigenvalue weighted by molar-refractivity contribution is -0.209. The van der Waals surface area contributed by atoms with E-state index in [1.54, 1.807) is 7.11 Å². The van der Waals surface area contributed by atoms with Gasteiger partial charge in [-0.1, -0.05) is 19.1 Å². The molecule has 5 heteroatoms. The summed E-state index contributed by atoms with van der Waals surface area (Å²) < 4.78 is 45.5. The molecule has 3 nitrogen and oxygen atoms in total. The summed E-state index contributed by atoms with van der Waals surface area (Å²) in [5.41, 5.74) is 2.56. The Kier molecular flexibility index (Phi) is 5.46. The lowest BCUT2D eigenvalue weighted by atomic mass is 9.51. The first-order valence-electron chi connectivity index (χ1n) is 11.6. The van der Waals surface area contributed by atoms with Gasteiger partial charge in [0, 0.05) is 17.4 Å². The van der Waals surface area contributed by atoms with E-state index < -0.39 is 11.5 Å². The van der Waals surface area contributed by atoms with Crippen LogP contribution >= 0.6 is 0 Å². The van der Waals surface area contributed by atoms with Crippen LogP contribution in [0.3, 0.4) is 0 Å². The van der Waals surface area contributed by atoms with Crippen LogP contribution < -0.4 is 4.74 Å². The van der Waals surface area contributed by atoms with Crippen molar-refractivity contribution in [2.45, 2.75) is 70.7 Å². The van der Waals surface area contributed by atoms with E-state index in [2.05, 4.69) is 25.1 Å². The van der Waals surface area contributed by atoms with Crippen molar-refractivity contribution in [3.05, 3.63) is 47.6 Å². The molecular weight excluding hydrogens is 398 g/mol. The van der Waals surface area contributed by atoms with Gasteiger partial charge in [0.05, 0.1) is 13.2 Å². The monoisotopic (exact) mass is 430 g/mol. The first-order valence-corrected chi connectivity index (χ1v) is 11.6. The maximum absolute atomic E-state index is 13.9. The van der Waals surface area contributed by atoms with E-state index in [0.29, 0.717) is 6.42 Å². The Morgan fingerprint density at radius 1 is 1.19 bits per heavy atom. The van der Waals surface area contributed by atoms with E-state index in [0.717, 1.165) is 68.4 Å². The van der Waals surface area contributed by atoms with Crippen LogP contribution in [0, 0.1) is 16.7 Å². The molecule has 1 heterocycles. The number of hydrogen-bond donors (Lipinski definition) is 0. The smallest absolute Gasteiger partial charge is 0.267 e. The van der Waals surface area contributed by atoms with Gasteiger partial charge in [-0.25, -0.2) is 0 Å². The van der Waals surface area contributed by atoms with Crippen LogP contribution in [-0.2, 0) is 15.9 Å². The molecule has 4 aliphatic rings. The molecule has 1 saturated carbocycles. The standard InChI is InChI=1S/C26H32F2O3/c1-25-12-11-20-19-7-6-18(29-2)15-17(19)10-13-26(20,16-23(27)28)21(25)8-9-22(25)31-24-5-3-4-14-30-24/h6-7,11,15-16,21-22,24H,3-5,8-10,12-14H2,1-2H3/t21-,22+,24?,25+,26+/m1/s1. The number of aryl methyl sites for hydroxylation is 1. The number of hydrogen-bond acceptors (Lipinski definition) is 3. The van der Waals surface area contributed by atoms with Crippen LogP contribution in [0.5, 0.6) is 5.75 Å². The van der Waals surface area contributed by atoms with Gasteiger partial charge in [0.1, 0.15) is 5.75 Å². The predicted octanol–water partition coefficient (Wildman–Crippen LogP) is 6.52. The summed E-state index contributed by atoms with van der Waals surface area (Å²) in [6.07, 6.45) is 9.09. The van der Waals surface area contributed by atoms with E-state index in [1.807, 2.05) is 6.07 Å². The van der Waals surface area contributed by atoms with Gasteiger partial charge in [0.15, 0.2) is 6.29 Å². The first kappa shape index (κ1) is 21.1. The summed E-state index contributed by atoms with van der Waals surface area (Å²) in [5.74, 6) is 0.951. The third-order valence-corrected chi connectivity index (χ3v) is 8.35. The summed E-state index contributed by atoms with van der Waals surface area (Å²) in [6.45, 7) is 3.00. The topological polar surface area (TPSA) is 27.7 Å². The second-order valence-electron chi connectivity index (χ2n) is 9.88. The van der Waals surface area contributed by atoms with Gasteiger partial charge in [-0.2, -0.15) is 8.78 Å². The lowest BCUT2D eigenvalue weighted by Crippen LogP contribution is -2.48. The highest BCUT2D eigenvalue weighted by Crippen LogP contribution is 2.66. The molecule has 5 atom stereocenters. The van der Waals surface area contributed by atoms with Gasteiger partial charge in [-0.15, -0.1) is 0 Å². The fourth-order valence-corrected chi connectivity index (χ4v) is 6.87. The van der Waals surface area contributed by atoms with Gasteiger partial charge in [0.2, 0.25) is 0 Å². The van der Waals surface area contributed by atoms with E-state index in [1.165, 1.54) is 11.6 Å². The van der Waals surface area contributed by atoms with Gasteiger partial charge in [-0.05, 0) is 92.2 Å². The molecule has 1 unspecified atom stereocenters. The molecule has 0 spiro atoms. The van der Waals surface area contributed by atoms with Crippen molar-refractivity contribution in [1.29, 1.82) is 0 Å². The highest BCUT2D eigenvalue weighted by molar-refractivity contribution is 5.78. The van der Waals surface area contributed by atoms with Crippen LogP contribution in [0.2, 0.25) is 0 Å². The molecule has 0 amide bonds. The number of halogens is 2. The molecule has 0 aromatic heterocycles. The van der Waals surface area contributed by atoms with E-state index in [-0.39, 0.29) is 23.7 Å². The minimum Gasteiger partial charge on any atom is -0.497 e. The van der Waals surface area contributed by atoms with Crippen LogP contribution in [0.4, 0.5) is 8.78 Å². The van der Waals surface area contributed by atoms with Crippen LogP contribution in [-0.4, -0.2) is 26.1 Å². The average molecular weight is 431 g/mol. The zero-order valence-corrected chi connectivity index (χ0v) is 18.5. The van der Waals surface area contributed by atoms with E-state index >= 15 is 0 Å². The average Bonchev–Trinajstić information content (AvgIpc) is 3.10. The largest absolute Gasteiger partial charge is 0.497 e. The Hall–Kier alpha value is -1.72. The SMILES string of the molecule is COc1ccc2c(c1)CC[C@]1(C=C(F)F)C2=CC[C@]2(C)[C@@H](OC3CCCCO3)CC[C@H]21. The molecule has 31 heavy (non-hydrogen) atoms. The number of fused-ring (bicyclic) bond motifs is 5. The second-order valence-corrected chi connectivity index (χ2v) is 9.88. The predicted molar refractivity (Wildman–Crippen MR) is 116 cm³/mol. The van der Waals surface area contributed by atoms with Gasteiger partial charge < -0.3 is 14.2 Å². The van der Waals surface area contributed by atoms with Gasteiger partial charge >= 0.3 is 0 Å². The molecule has 0 bridgehead atoms. The summed E-state index contributed by atoms with van der Waals surface area (Å²) in [5, 5.41) is 0. The van der Waals surface area contributed by atoms with Crippen molar-refractivity contribution in [3.8, 4) is 5.75 Å². The summed E-state index contributed by atoms with van der Waals surface area (Å²) in [7, 11) is 1.66. The molecule has 2 fully saturated rings. The molecule has 3 aliphatic carbocycles. The minimum absolute atomic E-state index is 0.0450. The number of allylic oxidation sites excluding steroid dienone is 3. The second kappa shape index (κ2) is 8.00. The maximum atomic E-state index is 13.9. The lowest BCUT2D eigenvalue weighted by Gasteiger charge is -2.53. The molecule has 1 aromatic rings. The molecule has 1 saturated heterocycles. The fraction of sp³-hybridized carbons (Fsp3) is 0.615. The maximum Gasteiger partial charge on any atom is 0.267 e. The molecule has 0 radical (unpaired) electrons. The fourth-order valence-electron chi connectivity index (χ4n) is 6.87. The number of ether oxygens (including phenoxy) is 3. The summed E-state index contributed by atoms with van der Waals surface area (Å²) >= 11 is 0. The number of benzene rings is 1. The van der Waals surface area contributed by atoms with Gasteiger partial charge in [-0.3, -0.25) is 0 Å². The highest BCUT2D eigenvalue weighted by Gasteiger charge is 2.59. The highest BCUT2D eigenvalue weighted by atomic mass is 19.3. The van der Waals surface area contributed by atoms with Crippen molar-refractivity contribution >= 4 is 5.57 Å². The third kappa shape index (κ3) is 3.45. The number of methoxy groups -OCH3 is 1. The molecule has 1 aliphatic heterocycles. The van der Waals surface area contributed by atoms with Crippen LogP contribution in [0.1, 0.15) is 63.0 Å². The van der Waals surface area contributed by atoms with Crippen LogP contribution in [0.15, 0.2) is 36.4 Å². The number of rotatable bonds is 4. The van der Waals surface area contributed by atoms with E-state index in [9.17, 15) is 8.78 Å².